The number of halogens is 3. The molecule has 1 heterocycles. The summed E-state index contributed by atoms with van der Waals surface area (Å²) in [6.45, 7) is 6.30. The Morgan fingerprint density at radius 2 is 2.04 bits per heavy atom. The molecule has 1 saturated heterocycles. The van der Waals surface area contributed by atoms with Gasteiger partial charge in [-0.1, -0.05) is 12.1 Å². The summed E-state index contributed by atoms with van der Waals surface area (Å²) in [4.78, 5) is 5.87. The molecule has 1 aromatic carbocycles. The second kappa shape index (κ2) is 8.75. The molecule has 0 bridgehead atoms. The molecule has 2 N–H and O–H groups in total. The summed E-state index contributed by atoms with van der Waals surface area (Å²) in [5, 5.41) is 5.82. The molecule has 2 rings (SSSR count). The molecule has 1 aliphatic rings. The molecule has 1 aromatic rings. The lowest BCUT2D eigenvalue weighted by Crippen LogP contribution is -2.37. The maximum Gasteiger partial charge on any atom is 0.416 e. The molecule has 0 atom stereocenters. The van der Waals surface area contributed by atoms with E-state index in [1.807, 2.05) is 4.90 Å². The van der Waals surface area contributed by atoms with Gasteiger partial charge in [0, 0.05) is 38.9 Å². The van der Waals surface area contributed by atoms with E-state index in [0.29, 0.717) is 44.5 Å². The number of nitrogens with zero attached hydrogens (tertiary/aromatic N) is 2. The van der Waals surface area contributed by atoms with Gasteiger partial charge >= 0.3 is 6.18 Å². The molecule has 0 saturated carbocycles. The van der Waals surface area contributed by atoms with Gasteiger partial charge in [0.25, 0.3) is 0 Å². The molecule has 0 radical (unpaired) electrons. The third kappa shape index (κ3) is 5.38. The van der Waals surface area contributed by atoms with Crippen molar-refractivity contribution >= 4 is 11.6 Å². The van der Waals surface area contributed by atoms with E-state index in [4.69, 9.17) is 4.74 Å². The van der Waals surface area contributed by atoms with Gasteiger partial charge in [-0.2, -0.15) is 13.2 Å². The van der Waals surface area contributed by atoms with Gasteiger partial charge in [-0.25, -0.2) is 0 Å². The van der Waals surface area contributed by atoms with Crippen molar-refractivity contribution in [2.45, 2.75) is 12.7 Å². The monoisotopic (exact) mass is 356 g/mol. The van der Waals surface area contributed by atoms with Crippen molar-refractivity contribution < 1.29 is 17.9 Å². The zero-order chi connectivity index (χ0) is 18.3. The fourth-order valence-electron chi connectivity index (χ4n) is 2.57. The first-order valence-corrected chi connectivity index (χ1v) is 8.04. The fourth-order valence-corrected chi connectivity index (χ4v) is 2.57. The summed E-state index contributed by atoms with van der Waals surface area (Å²) < 4.78 is 45.7. The van der Waals surface area contributed by atoms with Crippen LogP contribution in [-0.2, 0) is 17.5 Å². The number of benzene rings is 1. The predicted molar refractivity (Wildman–Crippen MR) is 92.9 cm³/mol. The number of alkyl halides is 3. The Kier molecular flexibility index (Phi) is 6.69. The normalized spacial score (nSPS) is 15.8. The van der Waals surface area contributed by atoms with Crippen LogP contribution in [0, 0.1) is 0 Å². The maximum atomic E-state index is 13.5. The minimum Gasteiger partial charge on any atom is -0.378 e. The molecule has 0 aliphatic carbocycles. The van der Waals surface area contributed by atoms with Gasteiger partial charge in [0.15, 0.2) is 5.96 Å². The third-order valence-electron chi connectivity index (χ3n) is 3.86. The van der Waals surface area contributed by atoms with Crippen LogP contribution in [0.1, 0.15) is 11.1 Å². The summed E-state index contributed by atoms with van der Waals surface area (Å²) >= 11 is 0. The number of rotatable bonds is 5. The fraction of sp³-hybridized carbons (Fsp3) is 0.471. The van der Waals surface area contributed by atoms with E-state index < -0.39 is 11.7 Å². The van der Waals surface area contributed by atoms with Crippen LogP contribution in [0.15, 0.2) is 35.8 Å². The molecule has 25 heavy (non-hydrogen) atoms. The number of hydrogen-bond acceptors (Lipinski definition) is 3. The molecule has 0 spiro atoms. The summed E-state index contributed by atoms with van der Waals surface area (Å²) in [5.41, 5.74) is 0.0998. The Labute approximate surface area is 145 Å². The first-order chi connectivity index (χ1) is 12.0. The zero-order valence-electron chi connectivity index (χ0n) is 14.2. The predicted octanol–water partition coefficient (Wildman–Crippen LogP) is 2.39. The Morgan fingerprint density at radius 3 is 2.64 bits per heavy atom. The highest BCUT2D eigenvalue weighted by Gasteiger charge is 2.34. The van der Waals surface area contributed by atoms with E-state index >= 15 is 0 Å². The van der Waals surface area contributed by atoms with Crippen LogP contribution >= 0.6 is 0 Å². The molecular formula is C17H23F3N4O. The lowest BCUT2D eigenvalue weighted by atomic mass is 10.0. The van der Waals surface area contributed by atoms with Crippen molar-refractivity contribution in [1.29, 1.82) is 0 Å². The van der Waals surface area contributed by atoms with Crippen LogP contribution in [-0.4, -0.2) is 45.9 Å². The maximum absolute atomic E-state index is 13.5. The van der Waals surface area contributed by atoms with E-state index in [-0.39, 0.29) is 12.1 Å². The van der Waals surface area contributed by atoms with Crippen LogP contribution < -0.4 is 15.5 Å². The lowest BCUT2D eigenvalue weighted by molar-refractivity contribution is -0.138. The molecule has 8 heteroatoms. The average molecular weight is 356 g/mol. The van der Waals surface area contributed by atoms with Crippen molar-refractivity contribution in [2.24, 2.45) is 4.99 Å². The molecule has 138 valence electrons. The van der Waals surface area contributed by atoms with Gasteiger partial charge in [0.05, 0.1) is 18.8 Å². The molecule has 5 nitrogen and oxygen atoms in total. The first kappa shape index (κ1) is 19.1. The van der Waals surface area contributed by atoms with Crippen LogP contribution in [0.3, 0.4) is 0 Å². The van der Waals surface area contributed by atoms with Crippen LogP contribution in [0.25, 0.3) is 0 Å². The number of hydrogen-bond donors (Lipinski definition) is 2. The summed E-state index contributed by atoms with van der Waals surface area (Å²) in [7, 11) is 1.56. The zero-order valence-corrected chi connectivity index (χ0v) is 14.2. The van der Waals surface area contributed by atoms with Crippen LogP contribution in [0.5, 0.6) is 0 Å². The highest BCUT2D eigenvalue weighted by Crippen LogP contribution is 2.34. The molecular weight excluding hydrogens is 333 g/mol. The van der Waals surface area contributed by atoms with Gasteiger partial charge in [0.2, 0.25) is 0 Å². The third-order valence-corrected chi connectivity index (χ3v) is 3.86. The Balaban J connectivity index is 2.17. The van der Waals surface area contributed by atoms with E-state index in [1.54, 1.807) is 19.2 Å². The molecule has 0 aromatic heterocycles. The van der Waals surface area contributed by atoms with E-state index in [9.17, 15) is 13.2 Å². The highest BCUT2D eigenvalue weighted by molar-refractivity contribution is 5.79. The second-order valence-electron chi connectivity index (χ2n) is 5.53. The summed E-state index contributed by atoms with van der Waals surface area (Å²) in [5.74, 6) is 0.422. The van der Waals surface area contributed by atoms with Crippen molar-refractivity contribution in [3.05, 3.63) is 42.0 Å². The number of aliphatic imine (C=N–C) groups is 1. The Hall–Kier alpha value is -2.22. The van der Waals surface area contributed by atoms with Crippen LogP contribution in [0.2, 0.25) is 0 Å². The minimum absolute atomic E-state index is 0.0229. The number of ether oxygens (including phenoxy) is 1. The quantitative estimate of drug-likeness (QED) is 0.483. The SMILES string of the molecule is C=CCNC(=NC)NCc1ccc(N2CCOCC2)cc1C(F)(F)F. The van der Waals surface area contributed by atoms with Crippen molar-refractivity contribution in [1.82, 2.24) is 10.6 Å². The summed E-state index contributed by atoms with van der Waals surface area (Å²) in [6, 6.07) is 4.45. The Morgan fingerprint density at radius 1 is 1.32 bits per heavy atom. The van der Waals surface area contributed by atoms with Gasteiger partial charge < -0.3 is 20.3 Å². The number of guanidine groups is 1. The standard InChI is InChI=1S/C17H23F3N4O/c1-3-6-22-16(21-2)23-12-13-4-5-14(11-15(13)17(18,19)20)24-7-9-25-10-8-24/h3-5,11H,1,6-10,12H2,2H3,(H2,21,22,23). The van der Waals surface area contributed by atoms with Crippen molar-refractivity contribution in [3.63, 3.8) is 0 Å². The van der Waals surface area contributed by atoms with Crippen LogP contribution in [0.4, 0.5) is 18.9 Å². The number of anilines is 1. The molecule has 1 aliphatic heterocycles. The van der Waals surface area contributed by atoms with Gasteiger partial charge in [-0.05, 0) is 17.7 Å². The smallest absolute Gasteiger partial charge is 0.378 e. The largest absolute Gasteiger partial charge is 0.416 e. The Bertz CT molecular complexity index is 610. The second-order valence-corrected chi connectivity index (χ2v) is 5.53. The average Bonchev–Trinajstić information content (AvgIpc) is 2.62. The lowest BCUT2D eigenvalue weighted by Gasteiger charge is -2.29. The van der Waals surface area contributed by atoms with Gasteiger partial charge in [0.1, 0.15) is 0 Å². The van der Waals surface area contributed by atoms with Crippen molar-refractivity contribution in [3.8, 4) is 0 Å². The van der Waals surface area contributed by atoms with E-state index in [2.05, 4.69) is 22.2 Å². The topological polar surface area (TPSA) is 48.9 Å². The number of morpholine rings is 1. The van der Waals surface area contributed by atoms with E-state index in [0.717, 1.165) is 0 Å². The summed E-state index contributed by atoms with van der Waals surface area (Å²) in [6.07, 6.45) is -2.78. The van der Waals surface area contributed by atoms with E-state index in [1.165, 1.54) is 12.1 Å². The minimum atomic E-state index is -4.42. The highest BCUT2D eigenvalue weighted by atomic mass is 19.4. The van der Waals surface area contributed by atoms with Crippen molar-refractivity contribution in [2.75, 3.05) is 44.8 Å². The van der Waals surface area contributed by atoms with Gasteiger partial charge in [-0.3, -0.25) is 4.99 Å². The molecule has 1 fully saturated rings. The molecule has 0 amide bonds. The van der Waals surface area contributed by atoms with Gasteiger partial charge in [-0.15, -0.1) is 6.58 Å². The number of nitrogens with one attached hydrogen (secondary N) is 2. The first-order valence-electron chi connectivity index (χ1n) is 8.04. The molecule has 0 unspecified atom stereocenters.